The van der Waals surface area contributed by atoms with E-state index in [2.05, 4.69) is 10.2 Å². The first-order chi connectivity index (χ1) is 7.42. The van der Waals surface area contributed by atoms with Crippen LogP contribution in [0.5, 0.6) is 0 Å². The van der Waals surface area contributed by atoms with Crippen molar-refractivity contribution in [1.29, 1.82) is 0 Å². The highest BCUT2D eigenvalue weighted by molar-refractivity contribution is 4.91. The zero-order valence-corrected chi connectivity index (χ0v) is 9.45. The molecular formula is C12H22N2O. The van der Waals surface area contributed by atoms with Crippen LogP contribution in [0.25, 0.3) is 0 Å². The highest BCUT2D eigenvalue weighted by Crippen LogP contribution is 2.27. The molecule has 0 radical (unpaired) electrons. The summed E-state index contributed by atoms with van der Waals surface area (Å²) in [7, 11) is 0. The number of fused-ring (bicyclic) bond motifs is 1. The molecule has 1 N–H and O–H groups in total. The summed E-state index contributed by atoms with van der Waals surface area (Å²) in [4.78, 5) is 2.65. The Morgan fingerprint density at radius 3 is 2.67 bits per heavy atom. The van der Waals surface area contributed by atoms with Crippen molar-refractivity contribution in [2.24, 2.45) is 11.8 Å². The average molecular weight is 210 g/mol. The minimum atomic E-state index is 0.573. The van der Waals surface area contributed by atoms with Crippen molar-refractivity contribution >= 4 is 0 Å². The van der Waals surface area contributed by atoms with Gasteiger partial charge in [-0.3, -0.25) is 0 Å². The summed E-state index contributed by atoms with van der Waals surface area (Å²) in [6.45, 7) is 7.41. The predicted octanol–water partition coefficient (Wildman–Crippen LogP) is 0.707. The van der Waals surface area contributed by atoms with Gasteiger partial charge in [0.15, 0.2) is 0 Å². The van der Waals surface area contributed by atoms with Crippen LogP contribution < -0.4 is 5.32 Å². The second kappa shape index (κ2) is 4.40. The van der Waals surface area contributed by atoms with E-state index in [4.69, 9.17) is 4.74 Å². The average Bonchev–Trinajstić information content (AvgIpc) is 2.91. The first-order valence-corrected chi connectivity index (χ1v) is 6.46. The van der Waals surface area contributed by atoms with Gasteiger partial charge >= 0.3 is 0 Å². The largest absolute Gasteiger partial charge is 0.378 e. The lowest BCUT2D eigenvalue weighted by Crippen LogP contribution is -2.28. The van der Waals surface area contributed by atoms with E-state index in [1.807, 2.05) is 0 Å². The van der Waals surface area contributed by atoms with Gasteiger partial charge in [-0.15, -0.1) is 0 Å². The second-order valence-electron chi connectivity index (χ2n) is 5.36. The van der Waals surface area contributed by atoms with Gasteiger partial charge in [0.1, 0.15) is 0 Å². The van der Waals surface area contributed by atoms with Gasteiger partial charge in [-0.25, -0.2) is 0 Å². The van der Waals surface area contributed by atoms with Crippen molar-refractivity contribution in [1.82, 2.24) is 10.2 Å². The molecule has 3 rings (SSSR count). The van der Waals surface area contributed by atoms with Gasteiger partial charge in [0.05, 0.1) is 6.10 Å². The Labute approximate surface area is 92.2 Å². The predicted molar refractivity (Wildman–Crippen MR) is 59.9 cm³/mol. The van der Waals surface area contributed by atoms with Gasteiger partial charge in [0, 0.05) is 26.2 Å². The number of hydrogen-bond donors (Lipinski definition) is 1. The molecule has 3 saturated heterocycles. The molecule has 3 heteroatoms. The molecule has 15 heavy (non-hydrogen) atoms. The summed E-state index contributed by atoms with van der Waals surface area (Å²) in [5.74, 6) is 1.88. The molecule has 3 atom stereocenters. The molecule has 0 amide bonds. The van der Waals surface area contributed by atoms with Crippen LogP contribution in [-0.2, 0) is 4.74 Å². The Morgan fingerprint density at radius 2 is 2.00 bits per heavy atom. The maximum absolute atomic E-state index is 5.67. The molecule has 86 valence electrons. The standard InChI is InChI=1S/C12H22N2O/c1-2-12(15-5-1)3-4-14-8-10-6-13-7-11(10)9-14/h10-13H,1-9H2/t10-,11+,12?. The number of rotatable bonds is 3. The quantitative estimate of drug-likeness (QED) is 0.742. The Bertz CT molecular complexity index is 204. The molecule has 0 aromatic carbocycles. The van der Waals surface area contributed by atoms with Gasteiger partial charge in [0.2, 0.25) is 0 Å². The summed E-state index contributed by atoms with van der Waals surface area (Å²) in [5.41, 5.74) is 0. The zero-order valence-electron chi connectivity index (χ0n) is 9.45. The van der Waals surface area contributed by atoms with Crippen LogP contribution in [-0.4, -0.2) is 50.3 Å². The Hall–Kier alpha value is -0.120. The van der Waals surface area contributed by atoms with E-state index in [-0.39, 0.29) is 0 Å². The fourth-order valence-electron chi connectivity index (χ4n) is 3.33. The Morgan fingerprint density at radius 1 is 1.20 bits per heavy atom. The Balaban J connectivity index is 1.41. The summed E-state index contributed by atoms with van der Waals surface area (Å²) >= 11 is 0. The third-order valence-corrected chi connectivity index (χ3v) is 4.26. The minimum Gasteiger partial charge on any atom is -0.378 e. The van der Waals surface area contributed by atoms with E-state index < -0.39 is 0 Å². The maximum atomic E-state index is 5.67. The summed E-state index contributed by atoms with van der Waals surface area (Å²) in [6.07, 6.45) is 4.40. The molecular weight excluding hydrogens is 188 g/mol. The minimum absolute atomic E-state index is 0.573. The first-order valence-electron chi connectivity index (χ1n) is 6.46. The molecule has 0 bridgehead atoms. The van der Waals surface area contributed by atoms with Crippen molar-refractivity contribution in [3.8, 4) is 0 Å². The van der Waals surface area contributed by atoms with Crippen LogP contribution in [0.1, 0.15) is 19.3 Å². The topological polar surface area (TPSA) is 24.5 Å². The number of hydrogen-bond acceptors (Lipinski definition) is 3. The van der Waals surface area contributed by atoms with Crippen LogP contribution >= 0.6 is 0 Å². The molecule has 0 aromatic rings. The normalized spacial score (nSPS) is 41.2. The van der Waals surface area contributed by atoms with Crippen LogP contribution in [0.4, 0.5) is 0 Å². The lowest BCUT2D eigenvalue weighted by atomic mass is 10.0. The number of nitrogens with zero attached hydrogens (tertiary/aromatic N) is 1. The number of ether oxygens (including phenoxy) is 1. The van der Waals surface area contributed by atoms with E-state index in [0.717, 1.165) is 18.4 Å². The van der Waals surface area contributed by atoms with Gasteiger partial charge in [-0.1, -0.05) is 0 Å². The van der Waals surface area contributed by atoms with Crippen LogP contribution in [0.2, 0.25) is 0 Å². The van der Waals surface area contributed by atoms with Crippen molar-refractivity contribution < 1.29 is 4.74 Å². The van der Waals surface area contributed by atoms with E-state index in [1.165, 1.54) is 52.0 Å². The SMILES string of the molecule is C1COC(CCN2C[C@H]3CNC[C@H]3C2)C1. The van der Waals surface area contributed by atoms with E-state index in [0.29, 0.717) is 6.10 Å². The molecule has 0 saturated carbocycles. The maximum Gasteiger partial charge on any atom is 0.0588 e. The van der Waals surface area contributed by atoms with E-state index in [9.17, 15) is 0 Å². The molecule has 1 unspecified atom stereocenters. The fraction of sp³-hybridized carbons (Fsp3) is 1.00. The zero-order chi connectivity index (χ0) is 10.1. The number of nitrogens with one attached hydrogen (secondary N) is 1. The lowest BCUT2D eigenvalue weighted by Gasteiger charge is -2.18. The monoisotopic (exact) mass is 210 g/mol. The Kier molecular flexibility index (Phi) is 2.95. The summed E-state index contributed by atoms with van der Waals surface area (Å²) in [5, 5.41) is 3.49. The molecule has 0 spiro atoms. The summed E-state index contributed by atoms with van der Waals surface area (Å²) < 4.78 is 5.67. The molecule has 0 aromatic heterocycles. The number of likely N-dealkylation sites (tertiary alicyclic amines) is 1. The van der Waals surface area contributed by atoms with Gasteiger partial charge in [-0.2, -0.15) is 0 Å². The molecule has 3 aliphatic heterocycles. The van der Waals surface area contributed by atoms with Crippen LogP contribution in [0, 0.1) is 11.8 Å². The fourth-order valence-corrected chi connectivity index (χ4v) is 3.33. The second-order valence-corrected chi connectivity index (χ2v) is 5.36. The van der Waals surface area contributed by atoms with E-state index >= 15 is 0 Å². The highest BCUT2D eigenvalue weighted by Gasteiger charge is 2.35. The first kappa shape index (κ1) is 10.1. The van der Waals surface area contributed by atoms with Crippen molar-refractivity contribution in [2.45, 2.75) is 25.4 Å². The molecule has 0 aliphatic carbocycles. The molecule has 3 fully saturated rings. The van der Waals surface area contributed by atoms with Crippen molar-refractivity contribution in [3.05, 3.63) is 0 Å². The lowest BCUT2D eigenvalue weighted by molar-refractivity contribution is 0.0941. The van der Waals surface area contributed by atoms with Crippen molar-refractivity contribution in [3.63, 3.8) is 0 Å². The molecule has 3 heterocycles. The van der Waals surface area contributed by atoms with E-state index in [1.54, 1.807) is 0 Å². The third kappa shape index (κ3) is 2.19. The van der Waals surface area contributed by atoms with Crippen molar-refractivity contribution in [2.75, 3.05) is 39.3 Å². The third-order valence-electron chi connectivity index (χ3n) is 4.26. The molecule has 3 nitrogen and oxygen atoms in total. The molecule has 3 aliphatic rings. The van der Waals surface area contributed by atoms with Crippen LogP contribution in [0.3, 0.4) is 0 Å². The van der Waals surface area contributed by atoms with Gasteiger partial charge < -0.3 is 15.0 Å². The smallest absolute Gasteiger partial charge is 0.0588 e. The van der Waals surface area contributed by atoms with Gasteiger partial charge in [-0.05, 0) is 44.2 Å². The summed E-state index contributed by atoms with van der Waals surface area (Å²) in [6, 6.07) is 0. The van der Waals surface area contributed by atoms with Gasteiger partial charge in [0.25, 0.3) is 0 Å². The highest BCUT2D eigenvalue weighted by atomic mass is 16.5. The van der Waals surface area contributed by atoms with Crippen LogP contribution in [0.15, 0.2) is 0 Å².